The predicted octanol–water partition coefficient (Wildman–Crippen LogP) is 2.49. The molecule has 2 rings (SSSR count). The topological polar surface area (TPSA) is 77.0 Å². The van der Waals surface area contributed by atoms with E-state index in [1.54, 1.807) is 18.2 Å². The molecule has 26 heavy (non-hydrogen) atoms. The number of para-hydroxylation sites is 1. The van der Waals surface area contributed by atoms with Crippen LogP contribution in [0.15, 0.2) is 42.5 Å². The zero-order valence-corrected chi connectivity index (χ0v) is 15.3. The lowest BCUT2D eigenvalue weighted by atomic mass is 10.1. The zero-order valence-electron chi connectivity index (χ0n) is 15.3. The molecule has 0 aromatic heterocycles. The Morgan fingerprint density at radius 2 is 1.85 bits per heavy atom. The van der Waals surface area contributed by atoms with Crippen molar-refractivity contribution >= 4 is 5.91 Å². The molecule has 6 nitrogen and oxygen atoms in total. The van der Waals surface area contributed by atoms with Crippen LogP contribution in [0.25, 0.3) is 0 Å². The van der Waals surface area contributed by atoms with Crippen LogP contribution in [0.1, 0.15) is 27.6 Å². The number of ether oxygens (including phenoxy) is 3. The maximum Gasteiger partial charge on any atom is 0.255 e. The zero-order chi connectivity index (χ0) is 18.9. The fourth-order valence-corrected chi connectivity index (χ4v) is 2.60. The fraction of sp³-hybridized carbons (Fsp3) is 0.350. The fourth-order valence-electron chi connectivity index (χ4n) is 2.60. The molecule has 0 aliphatic heterocycles. The Morgan fingerprint density at radius 3 is 2.46 bits per heavy atom. The minimum atomic E-state index is -0.358. The molecule has 1 atom stereocenters. The van der Waals surface area contributed by atoms with Crippen molar-refractivity contribution in [1.29, 1.82) is 0 Å². The number of aliphatic hydroxyl groups excluding tert-OH is 1. The van der Waals surface area contributed by atoms with Gasteiger partial charge in [-0.05, 0) is 24.6 Å². The van der Waals surface area contributed by atoms with Crippen LogP contribution in [0.2, 0.25) is 0 Å². The molecule has 2 aromatic rings. The Bertz CT molecular complexity index is 715. The molecular weight excluding hydrogens is 334 g/mol. The average Bonchev–Trinajstić information content (AvgIpc) is 2.68. The summed E-state index contributed by atoms with van der Waals surface area (Å²) in [6, 6.07) is 13.0. The van der Waals surface area contributed by atoms with Crippen molar-refractivity contribution in [3.05, 3.63) is 59.2 Å². The lowest BCUT2D eigenvalue weighted by molar-refractivity contribution is 0.0277. The number of amides is 1. The molecule has 140 valence electrons. The summed E-state index contributed by atoms with van der Waals surface area (Å²) < 4.78 is 16.2. The maximum atomic E-state index is 12.6. The molecule has 0 fully saturated rings. The van der Waals surface area contributed by atoms with E-state index in [4.69, 9.17) is 19.3 Å². The smallest absolute Gasteiger partial charge is 0.255 e. The van der Waals surface area contributed by atoms with Crippen LogP contribution < -0.4 is 14.8 Å². The van der Waals surface area contributed by atoms with Crippen molar-refractivity contribution in [3.8, 4) is 11.5 Å². The van der Waals surface area contributed by atoms with Crippen LogP contribution in [0, 0.1) is 6.92 Å². The van der Waals surface area contributed by atoms with Crippen molar-refractivity contribution in [2.24, 2.45) is 0 Å². The number of carbonyl (C=O) groups excluding carboxylic acids is 1. The molecule has 0 aliphatic rings. The summed E-state index contributed by atoms with van der Waals surface area (Å²) in [7, 11) is 3.02. The van der Waals surface area contributed by atoms with Crippen molar-refractivity contribution in [2.75, 3.05) is 34.0 Å². The van der Waals surface area contributed by atoms with Gasteiger partial charge in [-0.15, -0.1) is 0 Å². The summed E-state index contributed by atoms with van der Waals surface area (Å²) in [5.74, 6) is 0.591. The number of methoxy groups -OCH3 is 2. The molecule has 0 heterocycles. The van der Waals surface area contributed by atoms with Crippen LogP contribution in [0.4, 0.5) is 0 Å². The number of hydrogen-bond donors (Lipinski definition) is 2. The van der Waals surface area contributed by atoms with Crippen LogP contribution >= 0.6 is 0 Å². The van der Waals surface area contributed by atoms with Crippen LogP contribution in [-0.2, 0) is 4.74 Å². The molecule has 2 aromatic carbocycles. The number of hydrogen-bond acceptors (Lipinski definition) is 5. The number of aryl methyl sites for hydroxylation is 1. The van der Waals surface area contributed by atoms with Gasteiger partial charge in [-0.1, -0.05) is 35.9 Å². The largest absolute Gasteiger partial charge is 0.493 e. The molecule has 0 spiro atoms. The van der Waals surface area contributed by atoms with Gasteiger partial charge in [0, 0.05) is 6.54 Å². The van der Waals surface area contributed by atoms with E-state index in [2.05, 4.69) is 5.32 Å². The number of rotatable bonds is 9. The first-order valence-corrected chi connectivity index (χ1v) is 8.39. The highest BCUT2D eigenvalue weighted by Gasteiger charge is 2.19. The van der Waals surface area contributed by atoms with E-state index >= 15 is 0 Å². The molecular formula is C20H25NO5. The Balaban J connectivity index is 2.12. The first-order valence-electron chi connectivity index (χ1n) is 8.39. The van der Waals surface area contributed by atoms with E-state index in [9.17, 15) is 4.79 Å². The molecule has 2 N–H and O–H groups in total. The van der Waals surface area contributed by atoms with Crippen LogP contribution in [0.5, 0.6) is 11.5 Å². The first kappa shape index (κ1) is 19.8. The summed E-state index contributed by atoms with van der Waals surface area (Å²) in [5.41, 5.74) is 2.46. The van der Waals surface area contributed by atoms with E-state index in [0.29, 0.717) is 17.1 Å². The second-order valence-electron chi connectivity index (χ2n) is 5.74. The van der Waals surface area contributed by atoms with Crippen LogP contribution in [0.3, 0.4) is 0 Å². The van der Waals surface area contributed by atoms with Crippen molar-refractivity contribution in [3.63, 3.8) is 0 Å². The van der Waals surface area contributed by atoms with Crippen molar-refractivity contribution < 1.29 is 24.1 Å². The quantitative estimate of drug-likeness (QED) is 0.719. The Kier molecular flexibility index (Phi) is 7.44. The monoisotopic (exact) mass is 359 g/mol. The molecule has 0 radical (unpaired) electrons. The predicted molar refractivity (Wildman–Crippen MR) is 98.8 cm³/mol. The molecule has 0 saturated carbocycles. The first-order chi connectivity index (χ1) is 12.6. The van der Waals surface area contributed by atoms with Gasteiger partial charge in [0.2, 0.25) is 0 Å². The van der Waals surface area contributed by atoms with E-state index in [0.717, 1.165) is 11.1 Å². The lowest BCUT2D eigenvalue weighted by Gasteiger charge is -2.19. The SMILES string of the molecule is COc1cccc(C(=O)NCC(OCCO)c2ccc(C)cc2)c1OC. The average molecular weight is 359 g/mol. The number of carbonyl (C=O) groups is 1. The second-order valence-corrected chi connectivity index (χ2v) is 5.74. The summed E-state index contributed by atoms with van der Waals surface area (Å²) in [6.45, 7) is 2.38. The van der Waals surface area contributed by atoms with Gasteiger partial charge in [-0.2, -0.15) is 0 Å². The molecule has 1 unspecified atom stereocenters. The minimum Gasteiger partial charge on any atom is -0.493 e. The van der Waals surface area contributed by atoms with Gasteiger partial charge in [0.25, 0.3) is 5.91 Å². The van der Waals surface area contributed by atoms with E-state index in [1.165, 1.54) is 14.2 Å². The Hall–Kier alpha value is -2.57. The number of aliphatic hydroxyl groups is 1. The molecule has 1 amide bonds. The standard InChI is InChI=1S/C20H25NO5/c1-14-7-9-15(10-8-14)18(26-12-11-22)13-21-20(23)16-5-4-6-17(24-2)19(16)25-3/h4-10,18,22H,11-13H2,1-3H3,(H,21,23). The van der Waals surface area contributed by atoms with Crippen molar-refractivity contribution in [2.45, 2.75) is 13.0 Å². The highest BCUT2D eigenvalue weighted by Crippen LogP contribution is 2.30. The van der Waals surface area contributed by atoms with E-state index < -0.39 is 0 Å². The maximum absolute atomic E-state index is 12.6. The van der Waals surface area contributed by atoms with Gasteiger partial charge >= 0.3 is 0 Å². The lowest BCUT2D eigenvalue weighted by Crippen LogP contribution is -2.30. The third-order valence-electron chi connectivity index (χ3n) is 3.96. The van der Waals surface area contributed by atoms with Gasteiger partial charge in [-0.3, -0.25) is 4.79 Å². The summed E-state index contributed by atoms with van der Waals surface area (Å²) in [5, 5.41) is 11.9. The van der Waals surface area contributed by atoms with E-state index in [1.807, 2.05) is 31.2 Å². The molecule has 6 heteroatoms. The third-order valence-corrected chi connectivity index (χ3v) is 3.96. The van der Waals surface area contributed by atoms with E-state index in [-0.39, 0.29) is 31.8 Å². The number of benzene rings is 2. The van der Waals surface area contributed by atoms with Gasteiger partial charge in [0.1, 0.15) is 0 Å². The number of nitrogens with one attached hydrogen (secondary N) is 1. The highest BCUT2D eigenvalue weighted by molar-refractivity contribution is 5.97. The molecule has 0 bridgehead atoms. The van der Waals surface area contributed by atoms with Gasteiger partial charge in [-0.25, -0.2) is 0 Å². The van der Waals surface area contributed by atoms with Gasteiger partial charge < -0.3 is 24.6 Å². The summed E-state index contributed by atoms with van der Waals surface area (Å²) in [4.78, 5) is 12.6. The molecule has 0 aliphatic carbocycles. The Labute approximate surface area is 153 Å². The third kappa shape index (κ3) is 4.97. The van der Waals surface area contributed by atoms with Gasteiger partial charge in [0.05, 0.1) is 39.1 Å². The normalized spacial score (nSPS) is 11.7. The second kappa shape index (κ2) is 9.79. The minimum absolute atomic E-state index is 0.0833. The Morgan fingerprint density at radius 1 is 1.12 bits per heavy atom. The van der Waals surface area contributed by atoms with Crippen molar-refractivity contribution in [1.82, 2.24) is 5.32 Å². The molecule has 0 saturated heterocycles. The van der Waals surface area contributed by atoms with Crippen LogP contribution in [-0.4, -0.2) is 45.0 Å². The summed E-state index contributed by atoms with van der Waals surface area (Å²) in [6.07, 6.45) is -0.358. The highest BCUT2D eigenvalue weighted by atomic mass is 16.5. The summed E-state index contributed by atoms with van der Waals surface area (Å²) >= 11 is 0. The van der Waals surface area contributed by atoms with Gasteiger partial charge in [0.15, 0.2) is 11.5 Å².